The van der Waals surface area contributed by atoms with Crippen molar-refractivity contribution in [2.75, 3.05) is 19.5 Å². The molecule has 0 aromatic carbocycles. The molecule has 8 nitrogen and oxygen atoms in total. The zero-order valence-corrected chi connectivity index (χ0v) is 16.2. The van der Waals surface area contributed by atoms with Crippen LogP contribution in [0.15, 0.2) is 6.07 Å². The number of hydrogen-bond donors (Lipinski definition) is 1. The van der Waals surface area contributed by atoms with Gasteiger partial charge in [-0.05, 0) is 32.4 Å². The van der Waals surface area contributed by atoms with Crippen LogP contribution in [0.4, 0.5) is 5.00 Å². The van der Waals surface area contributed by atoms with Crippen molar-refractivity contribution in [3.8, 4) is 0 Å². The van der Waals surface area contributed by atoms with E-state index in [-0.39, 0.29) is 27.8 Å². The van der Waals surface area contributed by atoms with Crippen LogP contribution in [0.3, 0.4) is 0 Å². The van der Waals surface area contributed by atoms with Gasteiger partial charge in [-0.1, -0.05) is 0 Å². The summed E-state index contributed by atoms with van der Waals surface area (Å²) in [6.07, 6.45) is 0.174. The fourth-order valence-corrected chi connectivity index (χ4v) is 3.66. The third-order valence-corrected chi connectivity index (χ3v) is 5.00. The summed E-state index contributed by atoms with van der Waals surface area (Å²) in [5, 5.41) is 7.27. The molecule has 0 fully saturated rings. The van der Waals surface area contributed by atoms with Gasteiger partial charge in [0.25, 0.3) is 0 Å². The van der Waals surface area contributed by atoms with Gasteiger partial charge in [0, 0.05) is 18.7 Å². The first kappa shape index (κ1) is 19.6. The second kappa shape index (κ2) is 8.13. The first-order chi connectivity index (χ1) is 12.3. The van der Waals surface area contributed by atoms with Gasteiger partial charge in [-0.2, -0.15) is 5.10 Å². The van der Waals surface area contributed by atoms with E-state index in [4.69, 9.17) is 9.47 Å². The zero-order chi connectivity index (χ0) is 19.4. The summed E-state index contributed by atoms with van der Waals surface area (Å²) in [4.78, 5) is 36.5. The second-order valence-corrected chi connectivity index (χ2v) is 6.71. The number of anilines is 1. The summed E-state index contributed by atoms with van der Waals surface area (Å²) in [6.45, 7) is 5.82. The van der Waals surface area contributed by atoms with Crippen LogP contribution in [0, 0.1) is 20.8 Å². The minimum atomic E-state index is -0.622. The van der Waals surface area contributed by atoms with Crippen molar-refractivity contribution in [2.45, 2.75) is 33.7 Å². The summed E-state index contributed by atoms with van der Waals surface area (Å²) in [6, 6.07) is 1.93. The number of carbonyl (C=O) groups is 3. The minimum Gasteiger partial charge on any atom is -0.465 e. The Hall–Kier alpha value is -2.68. The summed E-state index contributed by atoms with van der Waals surface area (Å²) < 4.78 is 11.2. The molecule has 140 valence electrons. The number of aromatic nitrogens is 2. The van der Waals surface area contributed by atoms with E-state index >= 15 is 0 Å². The molecule has 9 heteroatoms. The van der Waals surface area contributed by atoms with Crippen LogP contribution in [0.25, 0.3) is 0 Å². The predicted molar refractivity (Wildman–Crippen MR) is 96.7 cm³/mol. The Morgan fingerprint density at radius 3 is 2.35 bits per heavy atom. The summed E-state index contributed by atoms with van der Waals surface area (Å²) in [7, 11) is 2.50. The van der Waals surface area contributed by atoms with E-state index in [0.717, 1.165) is 22.7 Å². The van der Waals surface area contributed by atoms with Gasteiger partial charge in [-0.25, -0.2) is 9.59 Å². The number of thiophene rings is 1. The lowest BCUT2D eigenvalue weighted by molar-refractivity contribution is -0.116. The molecule has 0 bridgehead atoms. The predicted octanol–water partition coefficient (Wildman–Crippen LogP) is 2.47. The molecule has 0 unspecified atom stereocenters. The first-order valence-corrected chi connectivity index (χ1v) is 8.71. The maximum Gasteiger partial charge on any atom is 0.348 e. The van der Waals surface area contributed by atoms with E-state index in [1.807, 2.05) is 19.9 Å². The Kier molecular flexibility index (Phi) is 6.14. The van der Waals surface area contributed by atoms with Crippen molar-refractivity contribution in [3.63, 3.8) is 0 Å². The lowest BCUT2D eigenvalue weighted by Crippen LogP contribution is -2.17. The zero-order valence-electron chi connectivity index (χ0n) is 15.3. The number of hydrogen-bond acceptors (Lipinski definition) is 7. The molecule has 2 aromatic rings. The van der Waals surface area contributed by atoms with Gasteiger partial charge in [-0.3, -0.25) is 9.48 Å². The number of amides is 1. The van der Waals surface area contributed by atoms with Crippen LogP contribution in [0.2, 0.25) is 0 Å². The third kappa shape index (κ3) is 4.10. The molecule has 26 heavy (non-hydrogen) atoms. The molecular formula is C17H21N3O5S. The number of nitrogens with one attached hydrogen (secondary N) is 1. The number of nitrogens with zero attached hydrogens (tertiary/aromatic N) is 2. The smallest absolute Gasteiger partial charge is 0.348 e. The molecule has 2 aromatic heterocycles. The van der Waals surface area contributed by atoms with E-state index in [2.05, 4.69) is 10.4 Å². The van der Waals surface area contributed by atoms with Crippen LogP contribution in [0.5, 0.6) is 0 Å². The number of esters is 2. The fourth-order valence-electron chi connectivity index (χ4n) is 2.53. The number of ether oxygens (including phenoxy) is 2. The summed E-state index contributed by atoms with van der Waals surface area (Å²) >= 11 is 0.990. The quantitative estimate of drug-likeness (QED) is 0.774. The largest absolute Gasteiger partial charge is 0.465 e. The van der Waals surface area contributed by atoms with Crippen molar-refractivity contribution in [1.82, 2.24) is 9.78 Å². The van der Waals surface area contributed by atoms with Crippen LogP contribution in [0.1, 0.15) is 43.4 Å². The molecule has 0 saturated carbocycles. The SMILES string of the molecule is COC(=O)c1sc(NC(=O)CCn2nc(C)cc2C)c(C(=O)OC)c1C. The van der Waals surface area contributed by atoms with Crippen molar-refractivity contribution in [2.24, 2.45) is 0 Å². The van der Waals surface area contributed by atoms with Gasteiger partial charge < -0.3 is 14.8 Å². The highest BCUT2D eigenvalue weighted by Crippen LogP contribution is 2.34. The van der Waals surface area contributed by atoms with Crippen molar-refractivity contribution in [1.29, 1.82) is 0 Å². The molecule has 0 radical (unpaired) electrons. The van der Waals surface area contributed by atoms with Gasteiger partial charge in [0.2, 0.25) is 5.91 Å². The number of aryl methyl sites for hydroxylation is 3. The van der Waals surface area contributed by atoms with Crippen molar-refractivity contribution in [3.05, 3.63) is 33.5 Å². The maximum atomic E-state index is 12.3. The molecule has 0 spiro atoms. The second-order valence-electron chi connectivity index (χ2n) is 5.69. The van der Waals surface area contributed by atoms with E-state index in [9.17, 15) is 14.4 Å². The molecule has 1 amide bonds. The monoisotopic (exact) mass is 379 g/mol. The first-order valence-electron chi connectivity index (χ1n) is 7.89. The van der Waals surface area contributed by atoms with Gasteiger partial charge in [0.05, 0.1) is 25.5 Å². The molecule has 2 heterocycles. The van der Waals surface area contributed by atoms with E-state index in [1.165, 1.54) is 14.2 Å². The third-order valence-electron chi connectivity index (χ3n) is 3.81. The highest BCUT2D eigenvalue weighted by Gasteiger charge is 2.26. The summed E-state index contributed by atoms with van der Waals surface area (Å²) in [5.41, 5.74) is 2.43. The maximum absolute atomic E-state index is 12.3. The molecular weight excluding hydrogens is 358 g/mol. The highest BCUT2D eigenvalue weighted by atomic mass is 32.1. The fraction of sp³-hybridized carbons (Fsp3) is 0.412. The van der Waals surface area contributed by atoms with E-state index in [0.29, 0.717) is 12.1 Å². The Labute approximate surface area is 155 Å². The number of carbonyl (C=O) groups excluding carboxylic acids is 3. The van der Waals surface area contributed by atoms with Gasteiger partial charge in [0.15, 0.2) is 0 Å². The van der Waals surface area contributed by atoms with Crippen LogP contribution >= 0.6 is 11.3 Å². The lowest BCUT2D eigenvalue weighted by Gasteiger charge is -2.07. The van der Waals surface area contributed by atoms with Gasteiger partial charge in [-0.15, -0.1) is 11.3 Å². The Balaban J connectivity index is 2.19. The molecule has 0 aliphatic heterocycles. The van der Waals surface area contributed by atoms with Crippen LogP contribution in [-0.2, 0) is 20.8 Å². The molecule has 0 saturated heterocycles. The lowest BCUT2D eigenvalue weighted by atomic mass is 10.1. The molecule has 1 N–H and O–H groups in total. The van der Waals surface area contributed by atoms with Crippen molar-refractivity contribution < 1.29 is 23.9 Å². The Morgan fingerprint density at radius 2 is 1.81 bits per heavy atom. The van der Waals surface area contributed by atoms with Gasteiger partial charge >= 0.3 is 11.9 Å². The topological polar surface area (TPSA) is 99.5 Å². The van der Waals surface area contributed by atoms with Crippen LogP contribution in [-0.4, -0.2) is 41.8 Å². The molecule has 2 rings (SSSR count). The number of rotatable bonds is 6. The Bertz CT molecular complexity index is 853. The van der Waals surface area contributed by atoms with E-state index in [1.54, 1.807) is 11.6 Å². The standard InChI is InChI=1S/C17H21N3O5S/c1-9-8-10(2)20(19-9)7-6-12(21)18-15-13(16(22)24-4)11(3)14(26-15)17(23)25-5/h8H,6-7H2,1-5H3,(H,18,21). The molecule has 0 aliphatic carbocycles. The highest BCUT2D eigenvalue weighted by molar-refractivity contribution is 7.18. The van der Waals surface area contributed by atoms with Crippen molar-refractivity contribution >= 4 is 34.2 Å². The molecule has 0 aliphatic rings. The summed E-state index contributed by atoms with van der Waals surface area (Å²) in [5.74, 6) is -1.48. The van der Waals surface area contributed by atoms with Gasteiger partial charge in [0.1, 0.15) is 9.88 Å². The minimum absolute atomic E-state index is 0.164. The average Bonchev–Trinajstić information content (AvgIpc) is 3.10. The Morgan fingerprint density at radius 1 is 1.15 bits per heavy atom. The molecule has 0 atom stereocenters. The van der Waals surface area contributed by atoms with E-state index < -0.39 is 11.9 Å². The van der Waals surface area contributed by atoms with Crippen LogP contribution < -0.4 is 5.32 Å². The number of methoxy groups -OCH3 is 2. The average molecular weight is 379 g/mol. The normalized spacial score (nSPS) is 10.5.